The molecule has 0 saturated carbocycles. The van der Waals surface area contributed by atoms with Crippen molar-refractivity contribution in [2.45, 2.75) is 12.5 Å². The van der Waals surface area contributed by atoms with Crippen LogP contribution in [-0.4, -0.2) is 28.5 Å². The molecule has 5 heteroatoms. The first-order valence-corrected chi connectivity index (χ1v) is 6.31. The minimum absolute atomic E-state index is 0.00157. The summed E-state index contributed by atoms with van der Waals surface area (Å²) in [5.74, 6) is 1.05. The van der Waals surface area contributed by atoms with Crippen LogP contribution < -0.4 is 10.1 Å². The number of phenols is 1. The molecule has 0 amide bonds. The number of benzene rings is 1. The Morgan fingerprint density at radius 3 is 3.11 bits per heavy atom. The Bertz CT molecular complexity index is 607. The van der Waals surface area contributed by atoms with Gasteiger partial charge in [-0.1, -0.05) is 6.07 Å². The van der Waals surface area contributed by atoms with Crippen molar-refractivity contribution in [2.75, 3.05) is 13.7 Å². The molecule has 0 spiro atoms. The minimum atomic E-state index is -0.00157. The Hall–Kier alpha value is -2.01. The van der Waals surface area contributed by atoms with E-state index in [1.807, 2.05) is 23.9 Å². The van der Waals surface area contributed by atoms with Crippen molar-refractivity contribution < 1.29 is 9.84 Å². The lowest BCUT2D eigenvalue weighted by molar-refractivity contribution is 0.398. The van der Waals surface area contributed by atoms with Gasteiger partial charge in [0.1, 0.15) is 11.4 Å². The van der Waals surface area contributed by atoms with Crippen LogP contribution in [0.25, 0.3) is 0 Å². The monoisotopic (exact) mass is 259 g/mol. The van der Waals surface area contributed by atoms with Crippen molar-refractivity contribution >= 4 is 0 Å². The van der Waals surface area contributed by atoms with Gasteiger partial charge >= 0.3 is 0 Å². The van der Waals surface area contributed by atoms with Crippen molar-refractivity contribution in [3.63, 3.8) is 0 Å². The largest absolute Gasteiger partial charge is 0.508 e. The van der Waals surface area contributed by atoms with Crippen LogP contribution >= 0.6 is 0 Å². The van der Waals surface area contributed by atoms with Gasteiger partial charge in [0.2, 0.25) is 0 Å². The summed E-state index contributed by atoms with van der Waals surface area (Å²) in [4.78, 5) is 0. The Balaban J connectivity index is 2.13. The summed E-state index contributed by atoms with van der Waals surface area (Å²) in [6, 6.07) is 5.54. The molecular weight excluding hydrogens is 242 g/mol. The minimum Gasteiger partial charge on any atom is -0.508 e. The van der Waals surface area contributed by atoms with Crippen molar-refractivity contribution in [3.05, 3.63) is 41.2 Å². The van der Waals surface area contributed by atoms with Gasteiger partial charge in [0, 0.05) is 13.6 Å². The number of nitrogens with zero attached hydrogens (tertiary/aromatic N) is 2. The molecular formula is C14H17N3O2. The van der Waals surface area contributed by atoms with Gasteiger partial charge in [-0.3, -0.25) is 4.68 Å². The molecule has 1 aromatic carbocycles. The molecule has 5 nitrogen and oxygen atoms in total. The molecule has 0 bridgehead atoms. The SMILES string of the molecule is COc1cnn(C)c1C1NCCc2ccc(O)cc21. The maximum atomic E-state index is 9.72. The van der Waals surface area contributed by atoms with E-state index in [1.165, 1.54) is 5.56 Å². The number of aryl methyl sites for hydroxylation is 1. The number of nitrogens with one attached hydrogen (secondary N) is 1. The highest BCUT2D eigenvalue weighted by molar-refractivity contribution is 5.45. The number of hydrogen-bond acceptors (Lipinski definition) is 4. The fraction of sp³-hybridized carbons (Fsp3) is 0.357. The zero-order valence-corrected chi connectivity index (χ0v) is 11.1. The van der Waals surface area contributed by atoms with Crippen LogP contribution in [-0.2, 0) is 13.5 Å². The number of phenolic OH excluding ortho intramolecular Hbond substituents is 1. The second kappa shape index (κ2) is 4.59. The molecule has 1 unspecified atom stereocenters. The lowest BCUT2D eigenvalue weighted by Gasteiger charge is -2.27. The molecule has 2 heterocycles. The van der Waals surface area contributed by atoms with E-state index in [4.69, 9.17) is 4.74 Å². The predicted molar refractivity (Wildman–Crippen MR) is 71.4 cm³/mol. The topological polar surface area (TPSA) is 59.3 Å². The molecule has 0 saturated heterocycles. The third-order valence-corrected chi connectivity index (χ3v) is 3.63. The molecule has 2 N–H and O–H groups in total. The summed E-state index contributed by atoms with van der Waals surface area (Å²) in [5, 5.41) is 17.4. The second-order valence-corrected chi connectivity index (χ2v) is 4.74. The molecule has 1 aliphatic heterocycles. The molecule has 19 heavy (non-hydrogen) atoms. The van der Waals surface area contributed by atoms with Gasteiger partial charge in [-0.25, -0.2) is 0 Å². The zero-order valence-electron chi connectivity index (χ0n) is 11.1. The molecule has 0 radical (unpaired) electrons. The third kappa shape index (κ3) is 1.96. The van der Waals surface area contributed by atoms with Crippen LogP contribution in [0, 0.1) is 0 Å². The van der Waals surface area contributed by atoms with E-state index in [2.05, 4.69) is 10.4 Å². The van der Waals surface area contributed by atoms with E-state index < -0.39 is 0 Å². The fourth-order valence-corrected chi connectivity index (χ4v) is 2.70. The van der Waals surface area contributed by atoms with Crippen molar-refractivity contribution in [1.82, 2.24) is 15.1 Å². The standard InChI is InChI=1S/C14H17N3O2/c1-17-14(12(19-2)8-16-17)13-11-7-10(18)4-3-9(11)5-6-15-13/h3-4,7-8,13,15,18H,5-6H2,1-2H3. The number of fused-ring (bicyclic) bond motifs is 1. The molecule has 3 rings (SSSR count). The number of aromatic nitrogens is 2. The molecule has 1 aliphatic rings. The average Bonchev–Trinajstić information content (AvgIpc) is 2.79. The first-order chi connectivity index (χ1) is 9.20. The highest BCUT2D eigenvalue weighted by Gasteiger charge is 2.27. The lowest BCUT2D eigenvalue weighted by Crippen LogP contribution is -2.32. The van der Waals surface area contributed by atoms with Gasteiger partial charge in [0.15, 0.2) is 5.75 Å². The summed E-state index contributed by atoms with van der Waals surface area (Å²) in [7, 11) is 3.54. The van der Waals surface area contributed by atoms with E-state index in [0.29, 0.717) is 0 Å². The maximum Gasteiger partial charge on any atom is 0.161 e. The summed E-state index contributed by atoms with van der Waals surface area (Å²) in [6.45, 7) is 0.900. The zero-order chi connectivity index (χ0) is 13.4. The summed E-state index contributed by atoms with van der Waals surface area (Å²) in [5.41, 5.74) is 3.33. The van der Waals surface area contributed by atoms with Gasteiger partial charge in [-0.15, -0.1) is 0 Å². The van der Waals surface area contributed by atoms with Crippen molar-refractivity contribution in [3.8, 4) is 11.5 Å². The van der Waals surface area contributed by atoms with Gasteiger partial charge in [0.05, 0.1) is 19.3 Å². The van der Waals surface area contributed by atoms with Crippen LogP contribution in [0.4, 0.5) is 0 Å². The highest BCUT2D eigenvalue weighted by atomic mass is 16.5. The van der Waals surface area contributed by atoms with Crippen LogP contribution in [0.2, 0.25) is 0 Å². The van der Waals surface area contributed by atoms with Crippen molar-refractivity contribution in [2.24, 2.45) is 7.05 Å². The summed E-state index contributed by atoms with van der Waals surface area (Å²) < 4.78 is 7.19. The lowest BCUT2D eigenvalue weighted by atomic mass is 9.92. The molecule has 2 aromatic rings. The van der Waals surface area contributed by atoms with Crippen LogP contribution in [0.15, 0.2) is 24.4 Å². The molecule has 1 aromatic heterocycles. The Morgan fingerprint density at radius 1 is 1.47 bits per heavy atom. The van der Waals surface area contributed by atoms with Gasteiger partial charge in [0.25, 0.3) is 0 Å². The van der Waals surface area contributed by atoms with Gasteiger partial charge in [-0.2, -0.15) is 5.10 Å². The normalized spacial score (nSPS) is 18.1. The maximum absolute atomic E-state index is 9.72. The number of methoxy groups -OCH3 is 1. The van der Waals surface area contributed by atoms with E-state index in [-0.39, 0.29) is 11.8 Å². The van der Waals surface area contributed by atoms with E-state index in [9.17, 15) is 5.11 Å². The molecule has 1 atom stereocenters. The molecule has 0 aliphatic carbocycles. The summed E-state index contributed by atoms with van der Waals surface area (Å²) >= 11 is 0. The first kappa shape index (κ1) is 12.0. The van der Waals surface area contributed by atoms with Crippen LogP contribution in [0.5, 0.6) is 11.5 Å². The smallest absolute Gasteiger partial charge is 0.161 e. The first-order valence-electron chi connectivity index (χ1n) is 6.31. The predicted octanol–water partition coefficient (Wildman–Crippen LogP) is 1.37. The van der Waals surface area contributed by atoms with Crippen LogP contribution in [0.3, 0.4) is 0 Å². The number of hydrogen-bond donors (Lipinski definition) is 2. The van der Waals surface area contributed by atoms with Crippen molar-refractivity contribution in [1.29, 1.82) is 0 Å². The number of rotatable bonds is 2. The third-order valence-electron chi connectivity index (χ3n) is 3.63. The Kier molecular flexibility index (Phi) is 2.91. The fourth-order valence-electron chi connectivity index (χ4n) is 2.70. The van der Waals surface area contributed by atoms with Crippen LogP contribution in [0.1, 0.15) is 22.9 Å². The van der Waals surface area contributed by atoms with Gasteiger partial charge in [-0.05, 0) is 29.7 Å². The molecule has 0 fully saturated rings. The second-order valence-electron chi connectivity index (χ2n) is 4.74. The Morgan fingerprint density at radius 2 is 2.32 bits per heavy atom. The average molecular weight is 259 g/mol. The highest BCUT2D eigenvalue weighted by Crippen LogP contribution is 2.35. The number of aromatic hydroxyl groups is 1. The number of ether oxygens (including phenoxy) is 1. The van der Waals surface area contributed by atoms with E-state index in [1.54, 1.807) is 19.4 Å². The summed E-state index contributed by atoms with van der Waals surface area (Å²) in [6.07, 6.45) is 2.68. The van der Waals surface area contributed by atoms with E-state index >= 15 is 0 Å². The Labute approximate surface area is 111 Å². The van der Waals surface area contributed by atoms with E-state index in [0.717, 1.165) is 30.0 Å². The van der Waals surface area contributed by atoms with Gasteiger partial charge < -0.3 is 15.2 Å². The molecule has 100 valence electrons. The quantitative estimate of drug-likeness (QED) is 0.855.